The average Bonchev–Trinajstić information content (AvgIpc) is 2.88. The molecule has 0 atom stereocenters. The fourth-order valence-electron chi connectivity index (χ4n) is 3.50. The number of hydrogen-bond donors (Lipinski definition) is 4. The molecule has 1 aromatic heterocycles. The van der Waals surface area contributed by atoms with Gasteiger partial charge < -0.3 is 35.6 Å². The molecule has 11 nitrogen and oxygen atoms in total. The maximum Gasteiger partial charge on any atom is 0.322 e. The molecule has 2 aromatic carbocycles. The number of halogens is 1. The van der Waals surface area contributed by atoms with Crippen LogP contribution < -0.4 is 26.0 Å². The van der Waals surface area contributed by atoms with E-state index in [1.807, 2.05) is 12.1 Å². The SMILES string of the molecule is COc1cc(NC(=O)N2CCOCC2)ccc1Nc1ncc(Cl)c(Nc2ccccc2NC(C)=O)n1. The minimum absolute atomic E-state index is 0.197. The van der Waals surface area contributed by atoms with E-state index in [0.717, 1.165) is 0 Å². The second-order valence-corrected chi connectivity index (χ2v) is 8.22. The summed E-state index contributed by atoms with van der Waals surface area (Å²) in [5, 5.41) is 12.2. The van der Waals surface area contributed by atoms with Gasteiger partial charge >= 0.3 is 6.03 Å². The third-order valence-electron chi connectivity index (χ3n) is 5.23. The summed E-state index contributed by atoms with van der Waals surface area (Å²) in [7, 11) is 1.53. The van der Waals surface area contributed by atoms with Crippen LogP contribution in [0.1, 0.15) is 6.92 Å². The molecule has 0 spiro atoms. The maximum atomic E-state index is 12.5. The fraction of sp³-hybridized carbons (Fsp3) is 0.250. The molecule has 0 aliphatic carbocycles. The van der Waals surface area contributed by atoms with Crippen LogP contribution >= 0.6 is 11.6 Å². The Kier molecular flexibility index (Phi) is 8.03. The summed E-state index contributed by atoms with van der Waals surface area (Å²) in [6, 6.07) is 12.2. The number of benzene rings is 2. The van der Waals surface area contributed by atoms with Crippen molar-refractivity contribution in [1.29, 1.82) is 0 Å². The molecule has 12 heteroatoms. The Bertz CT molecular complexity index is 1250. The highest BCUT2D eigenvalue weighted by molar-refractivity contribution is 6.33. The summed E-state index contributed by atoms with van der Waals surface area (Å²) in [6.45, 7) is 3.57. The van der Waals surface area contributed by atoms with E-state index in [9.17, 15) is 9.59 Å². The number of carbonyl (C=O) groups excluding carboxylic acids is 2. The molecule has 1 fully saturated rings. The predicted molar refractivity (Wildman–Crippen MR) is 139 cm³/mol. The molecule has 188 valence electrons. The Hall–Kier alpha value is -4.09. The molecule has 1 aliphatic rings. The Morgan fingerprint density at radius 2 is 1.78 bits per heavy atom. The van der Waals surface area contributed by atoms with Crippen molar-refractivity contribution >= 4 is 58.1 Å². The Balaban J connectivity index is 1.50. The van der Waals surface area contributed by atoms with Crippen LogP contribution in [0.4, 0.5) is 39.3 Å². The van der Waals surface area contributed by atoms with E-state index in [-0.39, 0.29) is 17.9 Å². The second kappa shape index (κ2) is 11.6. The van der Waals surface area contributed by atoms with Crippen LogP contribution in [-0.4, -0.2) is 60.2 Å². The van der Waals surface area contributed by atoms with E-state index in [1.165, 1.54) is 20.2 Å². The van der Waals surface area contributed by atoms with Gasteiger partial charge in [0, 0.05) is 31.8 Å². The van der Waals surface area contributed by atoms with Gasteiger partial charge in [0.15, 0.2) is 5.82 Å². The smallest absolute Gasteiger partial charge is 0.322 e. The van der Waals surface area contributed by atoms with Gasteiger partial charge in [-0.2, -0.15) is 4.98 Å². The molecule has 3 amide bonds. The number of ether oxygens (including phenoxy) is 2. The zero-order chi connectivity index (χ0) is 25.5. The lowest BCUT2D eigenvalue weighted by atomic mass is 10.2. The third-order valence-corrected chi connectivity index (χ3v) is 5.51. The van der Waals surface area contributed by atoms with Crippen molar-refractivity contribution in [2.45, 2.75) is 6.92 Å². The van der Waals surface area contributed by atoms with E-state index in [2.05, 4.69) is 31.2 Å². The van der Waals surface area contributed by atoms with Crippen LogP contribution in [0.25, 0.3) is 0 Å². The summed E-state index contributed by atoms with van der Waals surface area (Å²) in [5.74, 6) is 0.901. The first kappa shape index (κ1) is 25.0. The normalized spacial score (nSPS) is 13.0. The zero-order valence-electron chi connectivity index (χ0n) is 19.8. The summed E-state index contributed by atoms with van der Waals surface area (Å²) >= 11 is 6.32. The summed E-state index contributed by atoms with van der Waals surface area (Å²) < 4.78 is 10.8. The van der Waals surface area contributed by atoms with Crippen LogP contribution in [0, 0.1) is 0 Å². The summed E-state index contributed by atoms with van der Waals surface area (Å²) in [4.78, 5) is 34.4. The molecule has 2 heterocycles. The predicted octanol–water partition coefficient (Wildman–Crippen LogP) is 4.45. The van der Waals surface area contributed by atoms with Gasteiger partial charge in [-0.25, -0.2) is 9.78 Å². The number of anilines is 6. The number of methoxy groups -OCH3 is 1. The minimum atomic E-state index is -0.197. The minimum Gasteiger partial charge on any atom is -0.494 e. The molecule has 0 unspecified atom stereocenters. The van der Waals surface area contributed by atoms with Gasteiger partial charge in [-0.15, -0.1) is 0 Å². The van der Waals surface area contributed by atoms with Crippen LogP contribution in [0.15, 0.2) is 48.7 Å². The molecule has 1 saturated heterocycles. The van der Waals surface area contributed by atoms with Gasteiger partial charge in [0.2, 0.25) is 11.9 Å². The monoisotopic (exact) mass is 511 g/mol. The number of rotatable bonds is 7. The maximum absolute atomic E-state index is 12.5. The zero-order valence-corrected chi connectivity index (χ0v) is 20.6. The number of hydrogen-bond acceptors (Lipinski definition) is 8. The van der Waals surface area contributed by atoms with E-state index in [4.69, 9.17) is 21.1 Å². The average molecular weight is 512 g/mol. The summed E-state index contributed by atoms with van der Waals surface area (Å²) in [6.07, 6.45) is 1.46. The van der Waals surface area contributed by atoms with Gasteiger partial charge in [-0.1, -0.05) is 23.7 Å². The lowest BCUT2D eigenvalue weighted by Crippen LogP contribution is -2.43. The van der Waals surface area contributed by atoms with Crippen molar-refractivity contribution in [2.24, 2.45) is 0 Å². The van der Waals surface area contributed by atoms with Gasteiger partial charge in [0.05, 0.1) is 43.6 Å². The van der Waals surface area contributed by atoms with Crippen molar-refractivity contribution in [3.05, 3.63) is 53.7 Å². The molecule has 0 bridgehead atoms. The Morgan fingerprint density at radius 1 is 1.03 bits per heavy atom. The highest BCUT2D eigenvalue weighted by atomic mass is 35.5. The van der Waals surface area contributed by atoms with E-state index in [0.29, 0.717) is 65.6 Å². The molecule has 3 aromatic rings. The highest BCUT2D eigenvalue weighted by Gasteiger charge is 2.18. The quantitative estimate of drug-likeness (QED) is 0.366. The van der Waals surface area contributed by atoms with Crippen molar-refractivity contribution in [1.82, 2.24) is 14.9 Å². The lowest BCUT2D eigenvalue weighted by Gasteiger charge is -2.27. The van der Waals surface area contributed by atoms with Crippen LogP contribution in [-0.2, 0) is 9.53 Å². The van der Waals surface area contributed by atoms with Gasteiger partial charge in [0.1, 0.15) is 10.8 Å². The molecule has 1 aliphatic heterocycles. The number of nitrogens with zero attached hydrogens (tertiary/aromatic N) is 3. The number of carbonyl (C=O) groups is 2. The highest BCUT2D eigenvalue weighted by Crippen LogP contribution is 2.32. The molecule has 4 N–H and O–H groups in total. The van der Waals surface area contributed by atoms with Crippen molar-refractivity contribution < 1.29 is 19.1 Å². The molecule has 36 heavy (non-hydrogen) atoms. The lowest BCUT2D eigenvalue weighted by molar-refractivity contribution is -0.114. The number of amides is 3. The first-order valence-corrected chi connectivity index (χ1v) is 11.6. The number of morpholine rings is 1. The number of urea groups is 1. The molecule has 0 saturated carbocycles. The number of nitrogens with one attached hydrogen (secondary N) is 4. The van der Waals surface area contributed by atoms with Crippen LogP contribution in [0.3, 0.4) is 0 Å². The number of para-hydroxylation sites is 2. The van der Waals surface area contributed by atoms with Gasteiger partial charge in [0.25, 0.3) is 0 Å². The Labute approximate surface area is 213 Å². The fourth-order valence-corrected chi connectivity index (χ4v) is 3.63. The van der Waals surface area contributed by atoms with E-state index >= 15 is 0 Å². The largest absolute Gasteiger partial charge is 0.494 e. The second-order valence-electron chi connectivity index (χ2n) is 7.81. The van der Waals surface area contributed by atoms with Crippen LogP contribution in [0.2, 0.25) is 5.02 Å². The Morgan fingerprint density at radius 3 is 2.50 bits per heavy atom. The summed E-state index contributed by atoms with van der Waals surface area (Å²) in [5.41, 5.74) is 2.39. The number of aromatic nitrogens is 2. The van der Waals surface area contributed by atoms with Gasteiger partial charge in [-0.3, -0.25) is 4.79 Å². The molecule has 0 radical (unpaired) electrons. The first-order valence-electron chi connectivity index (χ1n) is 11.2. The van der Waals surface area contributed by atoms with E-state index < -0.39 is 0 Å². The molecule has 4 rings (SSSR count). The van der Waals surface area contributed by atoms with Crippen molar-refractivity contribution in [3.8, 4) is 5.75 Å². The first-order chi connectivity index (χ1) is 17.4. The van der Waals surface area contributed by atoms with Gasteiger partial charge in [-0.05, 0) is 24.3 Å². The standard InChI is InChI=1S/C24H26ClN7O4/c1-15(33)27-18-5-3-4-6-19(18)29-22-17(25)14-26-23(31-22)30-20-8-7-16(13-21(20)35-2)28-24(34)32-9-11-36-12-10-32/h3-8,13-14H,9-12H2,1-2H3,(H,27,33)(H,28,34)(H2,26,29,30,31). The molecular weight excluding hydrogens is 486 g/mol. The van der Waals surface area contributed by atoms with E-state index in [1.54, 1.807) is 35.2 Å². The van der Waals surface area contributed by atoms with Crippen molar-refractivity contribution in [2.75, 3.05) is 54.7 Å². The third kappa shape index (κ3) is 6.32. The molecular formula is C24H26ClN7O4. The van der Waals surface area contributed by atoms with Crippen LogP contribution in [0.5, 0.6) is 5.75 Å². The van der Waals surface area contributed by atoms with Crippen molar-refractivity contribution in [3.63, 3.8) is 0 Å². The topological polar surface area (TPSA) is 130 Å².